The van der Waals surface area contributed by atoms with E-state index in [0.29, 0.717) is 0 Å². The SMILES string of the molecule is Cc1ccc(S(=O)(=O)C(NC=O)c2cccc(Cl)c2F)cc1. The molecule has 2 aromatic rings. The lowest BCUT2D eigenvalue weighted by Crippen LogP contribution is -2.28. The topological polar surface area (TPSA) is 63.2 Å². The Bertz CT molecular complexity index is 791. The van der Waals surface area contributed by atoms with Gasteiger partial charge in [0.25, 0.3) is 0 Å². The third-order valence-electron chi connectivity index (χ3n) is 3.14. The van der Waals surface area contributed by atoms with Crippen molar-refractivity contribution >= 4 is 27.8 Å². The Labute approximate surface area is 132 Å². The van der Waals surface area contributed by atoms with Crippen LogP contribution < -0.4 is 5.32 Å². The van der Waals surface area contributed by atoms with Crippen molar-refractivity contribution in [3.63, 3.8) is 0 Å². The first-order chi connectivity index (χ1) is 10.4. The predicted molar refractivity (Wildman–Crippen MR) is 81.7 cm³/mol. The van der Waals surface area contributed by atoms with E-state index in [1.807, 2.05) is 6.92 Å². The smallest absolute Gasteiger partial charge is 0.208 e. The van der Waals surface area contributed by atoms with E-state index in [4.69, 9.17) is 11.6 Å². The van der Waals surface area contributed by atoms with Crippen LogP contribution in [0.5, 0.6) is 0 Å². The van der Waals surface area contributed by atoms with E-state index < -0.39 is 21.0 Å². The van der Waals surface area contributed by atoms with Crippen LogP contribution >= 0.6 is 11.6 Å². The number of aryl methyl sites for hydroxylation is 1. The number of halogens is 2. The molecule has 0 bridgehead atoms. The van der Waals surface area contributed by atoms with E-state index in [2.05, 4.69) is 5.32 Å². The summed E-state index contributed by atoms with van der Waals surface area (Å²) in [5.41, 5.74) is 0.674. The van der Waals surface area contributed by atoms with Gasteiger partial charge >= 0.3 is 0 Å². The first-order valence-corrected chi connectivity index (χ1v) is 8.24. The number of carbonyl (C=O) groups excluding carboxylic acids is 1. The first kappa shape index (κ1) is 16.5. The Kier molecular flexibility index (Phi) is 4.83. The highest BCUT2D eigenvalue weighted by atomic mass is 35.5. The maximum atomic E-state index is 14.1. The van der Waals surface area contributed by atoms with Gasteiger partial charge in [-0.1, -0.05) is 41.4 Å². The molecule has 1 atom stereocenters. The van der Waals surface area contributed by atoms with Gasteiger partial charge in [0.2, 0.25) is 16.2 Å². The molecule has 0 aliphatic heterocycles. The molecule has 2 aromatic carbocycles. The highest BCUT2D eigenvalue weighted by Crippen LogP contribution is 2.30. The van der Waals surface area contributed by atoms with E-state index in [9.17, 15) is 17.6 Å². The highest BCUT2D eigenvalue weighted by molar-refractivity contribution is 7.91. The minimum atomic E-state index is -4.01. The van der Waals surface area contributed by atoms with Crippen LogP contribution in [0.3, 0.4) is 0 Å². The lowest BCUT2D eigenvalue weighted by Gasteiger charge is -2.18. The van der Waals surface area contributed by atoms with Crippen LogP contribution in [0.15, 0.2) is 47.4 Å². The minimum absolute atomic E-state index is 0.0168. The average molecular weight is 342 g/mol. The van der Waals surface area contributed by atoms with E-state index in [0.717, 1.165) is 5.56 Å². The van der Waals surface area contributed by atoms with Gasteiger partial charge < -0.3 is 5.32 Å². The monoisotopic (exact) mass is 341 g/mol. The summed E-state index contributed by atoms with van der Waals surface area (Å²) in [6, 6.07) is 10.1. The Hall–Kier alpha value is -1.92. The predicted octanol–water partition coefficient (Wildman–Crippen LogP) is 3.01. The molecule has 0 saturated heterocycles. The zero-order valence-electron chi connectivity index (χ0n) is 11.6. The molecule has 116 valence electrons. The molecule has 0 aromatic heterocycles. The van der Waals surface area contributed by atoms with Crippen molar-refractivity contribution in [2.24, 2.45) is 0 Å². The number of hydrogen-bond donors (Lipinski definition) is 1. The molecule has 22 heavy (non-hydrogen) atoms. The molecule has 2 rings (SSSR count). The van der Waals surface area contributed by atoms with Gasteiger partial charge in [-0.15, -0.1) is 0 Å². The standard InChI is InChI=1S/C15H13ClFNO3S/c1-10-5-7-11(8-6-10)22(20,21)15(18-9-19)12-3-2-4-13(16)14(12)17/h2-9,15H,1H3,(H,18,19). The molecule has 0 radical (unpaired) electrons. The van der Waals surface area contributed by atoms with Gasteiger partial charge in [-0.2, -0.15) is 0 Å². The summed E-state index contributed by atoms with van der Waals surface area (Å²) < 4.78 is 39.5. The maximum Gasteiger partial charge on any atom is 0.208 e. The summed E-state index contributed by atoms with van der Waals surface area (Å²) in [4.78, 5) is 10.8. The molecule has 0 spiro atoms. The molecule has 1 unspecified atom stereocenters. The normalized spacial score (nSPS) is 12.7. The quantitative estimate of drug-likeness (QED) is 0.850. The summed E-state index contributed by atoms with van der Waals surface area (Å²) >= 11 is 5.69. The molecule has 0 fully saturated rings. The highest BCUT2D eigenvalue weighted by Gasteiger charge is 2.31. The Morgan fingerprint density at radius 1 is 1.18 bits per heavy atom. The molecular formula is C15H13ClFNO3S. The Morgan fingerprint density at radius 2 is 1.82 bits per heavy atom. The van der Waals surface area contributed by atoms with Crippen molar-refractivity contribution in [2.45, 2.75) is 17.2 Å². The van der Waals surface area contributed by atoms with Gasteiger partial charge in [-0.05, 0) is 25.1 Å². The summed E-state index contributed by atoms with van der Waals surface area (Å²) in [5.74, 6) is -0.876. The molecule has 7 heteroatoms. The van der Waals surface area contributed by atoms with E-state index in [-0.39, 0.29) is 21.9 Å². The molecule has 1 amide bonds. The number of rotatable bonds is 5. The fraction of sp³-hybridized carbons (Fsp3) is 0.133. The fourth-order valence-electron chi connectivity index (χ4n) is 2.00. The van der Waals surface area contributed by atoms with Crippen molar-refractivity contribution in [3.05, 3.63) is 64.4 Å². The van der Waals surface area contributed by atoms with Crippen molar-refractivity contribution in [2.75, 3.05) is 0 Å². The van der Waals surface area contributed by atoms with Gasteiger partial charge in [-0.3, -0.25) is 4.79 Å². The number of hydrogen-bond acceptors (Lipinski definition) is 3. The van der Waals surface area contributed by atoms with Crippen LogP contribution in [0.1, 0.15) is 16.5 Å². The van der Waals surface area contributed by atoms with Crippen LogP contribution in [0.2, 0.25) is 5.02 Å². The van der Waals surface area contributed by atoms with Crippen LogP contribution in [0.4, 0.5) is 4.39 Å². The lowest BCUT2D eigenvalue weighted by molar-refractivity contribution is -0.109. The fourth-order valence-corrected chi connectivity index (χ4v) is 3.72. The van der Waals surface area contributed by atoms with Crippen molar-refractivity contribution in [3.8, 4) is 0 Å². The first-order valence-electron chi connectivity index (χ1n) is 6.32. The molecule has 1 N–H and O–H groups in total. The van der Waals surface area contributed by atoms with Crippen molar-refractivity contribution in [1.82, 2.24) is 5.32 Å². The van der Waals surface area contributed by atoms with Gasteiger partial charge in [-0.25, -0.2) is 12.8 Å². The van der Waals surface area contributed by atoms with Crippen molar-refractivity contribution in [1.29, 1.82) is 0 Å². The largest absolute Gasteiger partial charge is 0.338 e. The van der Waals surface area contributed by atoms with E-state index in [1.165, 1.54) is 30.3 Å². The Morgan fingerprint density at radius 3 is 2.41 bits per heavy atom. The van der Waals surface area contributed by atoms with Crippen LogP contribution in [-0.4, -0.2) is 14.8 Å². The van der Waals surface area contributed by atoms with Gasteiger partial charge in [0.15, 0.2) is 5.37 Å². The minimum Gasteiger partial charge on any atom is -0.338 e. The van der Waals surface area contributed by atoms with Gasteiger partial charge in [0, 0.05) is 5.56 Å². The van der Waals surface area contributed by atoms with Crippen LogP contribution in [0, 0.1) is 12.7 Å². The number of nitrogens with one attached hydrogen (secondary N) is 1. The zero-order valence-corrected chi connectivity index (χ0v) is 13.2. The summed E-state index contributed by atoms with van der Waals surface area (Å²) in [6.45, 7) is 1.81. The molecule has 0 aliphatic carbocycles. The molecule has 0 aliphatic rings. The summed E-state index contributed by atoms with van der Waals surface area (Å²) in [5, 5.41) is 0.390. The second-order valence-electron chi connectivity index (χ2n) is 4.67. The zero-order chi connectivity index (χ0) is 16.3. The van der Waals surface area contributed by atoms with Crippen LogP contribution in [-0.2, 0) is 14.6 Å². The average Bonchev–Trinajstić information content (AvgIpc) is 2.48. The third-order valence-corrected chi connectivity index (χ3v) is 5.37. The maximum absolute atomic E-state index is 14.1. The number of amides is 1. The number of carbonyl (C=O) groups is 1. The molecule has 0 heterocycles. The van der Waals surface area contributed by atoms with Gasteiger partial charge in [0.05, 0.1) is 9.92 Å². The molecule has 4 nitrogen and oxygen atoms in total. The summed E-state index contributed by atoms with van der Waals surface area (Å²) in [6.07, 6.45) is 0.219. The van der Waals surface area contributed by atoms with E-state index in [1.54, 1.807) is 12.1 Å². The lowest BCUT2D eigenvalue weighted by atomic mass is 10.2. The number of benzene rings is 2. The second-order valence-corrected chi connectivity index (χ2v) is 7.11. The summed E-state index contributed by atoms with van der Waals surface area (Å²) in [7, 11) is -4.01. The van der Waals surface area contributed by atoms with Crippen LogP contribution in [0.25, 0.3) is 0 Å². The second kappa shape index (κ2) is 6.46. The third kappa shape index (κ3) is 3.13. The van der Waals surface area contributed by atoms with Crippen molar-refractivity contribution < 1.29 is 17.6 Å². The number of sulfone groups is 1. The Balaban J connectivity index is 2.58. The molecule has 0 saturated carbocycles. The molecular weight excluding hydrogens is 329 g/mol. The van der Waals surface area contributed by atoms with Gasteiger partial charge in [0.1, 0.15) is 5.82 Å². The van der Waals surface area contributed by atoms with E-state index >= 15 is 0 Å².